The summed E-state index contributed by atoms with van der Waals surface area (Å²) in [6, 6.07) is 20.1. The van der Waals surface area contributed by atoms with Crippen LogP contribution in [0.2, 0.25) is 0 Å². The summed E-state index contributed by atoms with van der Waals surface area (Å²) in [5, 5.41) is 14.0. The average Bonchev–Trinajstić information content (AvgIpc) is 3.49. The van der Waals surface area contributed by atoms with Gasteiger partial charge in [-0.25, -0.2) is 4.90 Å². The fourth-order valence-electron chi connectivity index (χ4n) is 6.31. The highest BCUT2D eigenvalue weighted by atomic mass is 16.5. The van der Waals surface area contributed by atoms with E-state index in [1.165, 1.54) is 14.0 Å². The van der Waals surface area contributed by atoms with Crippen molar-refractivity contribution in [3.05, 3.63) is 89.5 Å². The molecule has 5 atom stereocenters. The maximum Gasteiger partial charge on any atom is 0.325 e. The van der Waals surface area contributed by atoms with E-state index in [2.05, 4.69) is 5.32 Å². The molecule has 218 valence electrons. The lowest BCUT2D eigenvalue weighted by molar-refractivity contribution is -0.151. The Morgan fingerprint density at radius 2 is 1.69 bits per heavy atom. The predicted octanol–water partition coefficient (Wildman–Crippen LogP) is 4.80. The summed E-state index contributed by atoms with van der Waals surface area (Å²) in [5.41, 5.74) is 0.455. The summed E-state index contributed by atoms with van der Waals surface area (Å²) in [5.74, 6) is -4.35. The quantitative estimate of drug-likeness (QED) is 0.263. The van der Waals surface area contributed by atoms with Gasteiger partial charge in [-0.1, -0.05) is 62.7 Å². The molecule has 9 heteroatoms. The van der Waals surface area contributed by atoms with Crippen LogP contribution in [0.15, 0.2) is 72.8 Å². The molecule has 3 aromatic rings. The minimum atomic E-state index is -1.72. The lowest BCUT2D eigenvalue weighted by Crippen LogP contribution is -2.59. The molecule has 2 heterocycles. The molecule has 0 aliphatic carbocycles. The van der Waals surface area contributed by atoms with E-state index >= 15 is 0 Å². The number of Topliss-reactive ketones (excluding diaryl/α,β-unsaturated/α-hetero) is 1. The highest BCUT2D eigenvalue weighted by Crippen LogP contribution is 2.54. The van der Waals surface area contributed by atoms with E-state index < -0.39 is 47.1 Å². The van der Waals surface area contributed by atoms with Crippen molar-refractivity contribution in [3.63, 3.8) is 0 Å². The zero-order chi connectivity index (χ0) is 30.2. The number of anilines is 1. The minimum absolute atomic E-state index is 0.149. The van der Waals surface area contributed by atoms with Crippen LogP contribution in [-0.2, 0) is 21.0 Å². The maximum absolute atomic E-state index is 14.2. The van der Waals surface area contributed by atoms with E-state index in [0.717, 1.165) is 10.5 Å². The van der Waals surface area contributed by atoms with Gasteiger partial charge < -0.3 is 14.6 Å². The van der Waals surface area contributed by atoms with Crippen molar-refractivity contribution in [2.45, 2.75) is 45.4 Å². The number of para-hydroxylation sites is 1. The fourth-order valence-corrected chi connectivity index (χ4v) is 6.31. The molecular formula is C33H34N2O7. The molecule has 0 aromatic heterocycles. The summed E-state index contributed by atoms with van der Waals surface area (Å²) >= 11 is 0. The summed E-state index contributed by atoms with van der Waals surface area (Å²) in [6.07, 6.45) is 0.458. The van der Waals surface area contributed by atoms with Gasteiger partial charge in [-0.3, -0.25) is 24.5 Å². The first-order chi connectivity index (χ1) is 20.1. The Morgan fingerprint density at radius 3 is 2.29 bits per heavy atom. The Bertz CT molecular complexity index is 1520. The molecule has 2 amide bonds. The van der Waals surface area contributed by atoms with Gasteiger partial charge in [0.25, 0.3) is 0 Å². The zero-order valence-electron chi connectivity index (χ0n) is 24.0. The van der Waals surface area contributed by atoms with Crippen LogP contribution >= 0.6 is 0 Å². The Balaban J connectivity index is 1.63. The van der Waals surface area contributed by atoms with E-state index in [-0.39, 0.29) is 18.1 Å². The number of hydrogen-bond acceptors (Lipinski definition) is 7. The number of benzene rings is 3. The molecule has 0 radical (unpaired) electrons. The molecule has 0 spiro atoms. The number of imide groups is 1. The number of hydrogen-bond donors (Lipinski definition) is 2. The lowest BCUT2D eigenvalue weighted by Gasteiger charge is -2.36. The van der Waals surface area contributed by atoms with Gasteiger partial charge in [-0.05, 0) is 48.7 Å². The molecule has 2 N–H and O–H groups in total. The van der Waals surface area contributed by atoms with Crippen molar-refractivity contribution in [2.24, 2.45) is 17.8 Å². The number of nitrogens with one attached hydrogen (secondary N) is 1. The van der Waals surface area contributed by atoms with Gasteiger partial charge in [-0.2, -0.15) is 0 Å². The summed E-state index contributed by atoms with van der Waals surface area (Å²) < 4.78 is 11.9. The van der Waals surface area contributed by atoms with Gasteiger partial charge in [0.05, 0.1) is 24.6 Å². The van der Waals surface area contributed by atoms with Gasteiger partial charge >= 0.3 is 5.97 Å². The van der Waals surface area contributed by atoms with E-state index in [9.17, 15) is 24.3 Å². The molecule has 0 bridgehead atoms. The highest BCUT2D eigenvalue weighted by Gasteiger charge is 2.70. The molecule has 2 aliphatic heterocycles. The third-order valence-corrected chi connectivity index (χ3v) is 8.66. The number of carbonyl (C=O) groups excluding carboxylic acids is 3. The standard InChI is InChI=1S/C33H34N2O7/c1-5-19(2)33(32(39)40)27-26(30(37)35(31(27)38)23-16-14-22(15-17-23)20(3)36)28(34-33)24-12-9-13-25(41-4)29(24)42-18-21-10-7-6-8-11-21/h6-17,19,26-28,34H,5,18H2,1-4H3,(H,39,40). The molecule has 3 aromatic carbocycles. The smallest absolute Gasteiger partial charge is 0.325 e. The second kappa shape index (κ2) is 11.4. The number of carboxylic acids is 1. The molecule has 2 saturated heterocycles. The van der Waals surface area contributed by atoms with Crippen molar-refractivity contribution in [1.82, 2.24) is 5.32 Å². The normalized spacial score (nSPS) is 23.9. The van der Waals surface area contributed by atoms with Crippen molar-refractivity contribution in [2.75, 3.05) is 12.0 Å². The molecule has 9 nitrogen and oxygen atoms in total. The number of amides is 2. The predicted molar refractivity (Wildman–Crippen MR) is 155 cm³/mol. The number of aliphatic carboxylic acids is 1. The first-order valence-corrected chi connectivity index (χ1v) is 14.0. The van der Waals surface area contributed by atoms with Crippen LogP contribution in [-0.4, -0.2) is 41.3 Å². The number of ether oxygens (including phenoxy) is 2. The Labute approximate surface area is 244 Å². The third kappa shape index (κ3) is 4.63. The number of carboxylic acid groups (broad SMARTS) is 1. The molecule has 0 saturated carbocycles. The first kappa shape index (κ1) is 29.0. The Kier molecular flexibility index (Phi) is 7.88. The van der Waals surface area contributed by atoms with Crippen molar-refractivity contribution in [3.8, 4) is 11.5 Å². The van der Waals surface area contributed by atoms with E-state index in [1.807, 2.05) is 37.3 Å². The number of methoxy groups -OCH3 is 1. The largest absolute Gasteiger partial charge is 0.493 e. The van der Waals surface area contributed by atoms with E-state index in [4.69, 9.17) is 9.47 Å². The summed E-state index contributed by atoms with van der Waals surface area (Å²) in [6.45, 7) is 5.28. The van der Waals surface area contributed by atoms with Crippen LogP contribution in [0, 0.1) is 17.8 Å². The van der Waals surface area contributed by atoms with E-state index in [1.54, 1.807) is 49.4 Å². The molecular weight excluding hydrogens is 536 g/mol. The van der Waals surface area contributed by atoms with Crippen molar-refractivity contribution in [1.29, 1.82) is 0 Å². The second-order valence-corrected chi connectivity index (χ2v) is 10.9. The van der Waals surface area contributed by atoms with E-state index in [0.29, 0.717) is 29.0 Å². The van der Waals surface area contributed by atoms with Gasteiger partial charge in [0.1, 0.15) is 12.1 Å². The van der Waals surface area contributed by atoms with Gasteiger partial charge in [0.2, 0.25) is 11.8 Å². The molecule has 5 rings (SSSR count). The summed E-state index contributed by atoms with van der Waals surface area (Å²) in [7, 11) is 1.51. The fraction of sp³-hybridized carbons (Fsp3) is 0.333. The van der Waals surface area contributed by atoms with Gasteiger partial charge in [0, 0.05) is 17.2 Å². The highest BCUT2D eigenvalue weighted by molar-refractivity contribution is 6.24. The van der Waals surface area contributed by atoms with Crippen molar-refractivity contribution >= 4 is 29.3 Å². The number of rotatable bonds is 10. The minimum Gasteiger partial charge on any atom is -0.493 e. The molecule has 2 aliphatic rings. The second-order valence-electron chi connectivity index (χ2n) is 10.9. The average molecular weight is 571 g/mol. The summed E-state index contributed by atoms with van der Waals surface area (Å²) in [4.78, 5) is 54.4. The number of ketones is 1. The Hall–Kier alpha value is -4.50. The van der Waals surface area contributed by atoms with Crippen LogP contribution in [0.1, 0.15) is 54.7 Å². The zero-order valence-corrected chi connectivity index (χ0v) is 24.0. The third-order valence-electron chi connectivity index (χ3n) is 8.66. The number of nitrogens with zero attached hydrogens (tertiary/aromatic N) is 1. The van der Waals surface area contributed by atoms with Crippen molar-refractivity contribution < 1.29 is 33.8 Å². The van der Waals surface area contributed by atoms with Crippen LogP contribution in [0.3, 0.4) is 0 Å². The SMILES string of the molecule is CCC(C)C1(C(=O)O)NC(c2cccc(OC)c2OCc2ccccc2)C2C(=O)N(c3ccc(C(C)=O)cc3)C(=O)C21. The monoisotopic (exact) mass is 570 g/mol. The van der Waals surface area contributed by atoms with Crippen LogP contribution in [0.5, 0.6) is 11.5 Å². The lowest BCUT2D eigenvalue weighted by atomic mass is 9.72. The molecule has 5 unspecified atom stereocenters. The topological polar surface area (TPSA) is 122 Å². The van der Waals surface area contributed by atoms with Crippen LogP contribution < -0.4 is 19.7 Å². The molecule has 42 heavy (non-hydrogen) atoms. The first-order valence-electron chi connectivity index (χ1n) is 14.0. The Morgan fingerprint density at radius 1 is 1.00 bits per heavy atom. The number of carbonyl (C=O) groups is 4. The van der Waals surface area contributed by atoms with Gasteiger partial charge in [-0.15, -0.1) is 0 Å². The van der Waals surface area contributed by atoms with Crippen LogP contribution in [0.25, 0.3) is 0 Å². The number of fused-ring (bicyclic) bond motifs is 1. The molecule has 2 fully saturated rings. The van der Waals surface area contributed by atoms with Gasteiger partial charge in [0.15, 0.2) is 17.3 Å². The van der Waals surface area contributed by atoms with Crippen LogP contribution in [0.4, 0.5) is 5.69 Å². The maximum atomic E-state index is 14.2.